The van der Waals surface area contributed by atoms with Crippen LogP contribution in [0, 0.1) is 0 Å². The molecule has 4 heteroatoms. The first kappa shape index (κ1) is 47.2. The molecule has 74 heavy (non-hydrogen) atoms. The highest BCUT2D eigenvalue weighted by atomic mass is 16.5. The van der Waals surface area contributed by atoms with Crippen LogP contribution in [0.1, 0.15) is 127 Å². The van der Waals surface area contributed by atoms with Crippen molar-refractivity contribution in [2.45, 2.75) is 104 Å². The van der Waals surface area contributed by atoms with Crippen LogP contribution in [0.25, 0.3) is 33.1 Å². The molecule has 1 aromatic heterocycles. The van der Waals surface area contributed by atoms with Crippen LogP contribution in [-0.4, -0.2) is 0 Å². The Hall–Kier alpha value is -7.82. The number of para-hydroxylation sites is 3. The van der Waals surface area contributed by atoms with Crippen LogP contribution in [0.3, 0.4) is 0 Å². The summed E-state index contributed by atoms with van der Waals surface area (Å²) in [4.78, 5) is 4.89. The number of benzene rings is 9. The van der Waals surface area contributed by atoms with Crippen molar-refractivity contribution in [2.75, 3.05) is 9.80 Å². The quantitative estimate of drug-likeness (QED) is 0.159. The third kappa shape index (κ3) is 7.55. The van der Waals surface area contributed by atoms with Crippen LogP contribution in [0.5, 0.6) is 11.5 Å². The van der Waals surface area contributed by atoms with Gasteiger partial charge in [-0.05, 0) is 146 Å². The maximum absolute atomic E-state index is 7.36. The first-order valence-electron chi connectivity index (χ1n) is 26.4. The summed E-state index contributed by atoms with van der Waals surface area (Å²) >= 11 is 0. The molecule has 0 bridgehead atoms. The number of rotatable bonds is 7. The van der Waals surface area contributed by atoms with Crippen LogP contribution < -0.4 is 14.5 Å². The smallest absolute Gasteiger partial charge is 0.145 e. The second-order valence-corrected chi connectivity index (χ2v) is 24.0. The van der Waals surface area contributed by atoms with E-state index in [1.807, 2.05) is 0 Å². The van der Waals surface area contributed by atoms with Gasteiger partial charge in [0.2, 0.25) is 0 Å². The molecule has 0 saturated heterocycles. The number of furan rings is 1. The number of hydrogen-bond acceptors (Lipinski definition) is 4. The Bertz CT molecular complexity index is 3660. The summed E-state index contributed by atoms with van der Waals surface area (Å²) in [6.45, 7) is 25.0. The lowest BCUT2D eigenvalue weighted by molar-refractivity contribution is 0.436. The Kier molecular flexibility index (Phi) is 10.9. The van der Waals surface area contributed by atoms with E-state index in [9.17, 15) is 0 Å². The molecule has 1 aliphatic heterocycles. The van der Waals surface area contributed by atoms with Gasteiger partial charge in [0, 0.05) is 50.5 Å². The summed E-state index contributed by atoms with van der Waals surface area (Å²) in [5.74, 6) is 2.08. The van der Waals surface area contributed by atoms with Crippen LogP contribution in [0.2, 0.25) is 0 Å². The Balaban J connectivity index is 1.19. The zero-order valence-electron chi connectivity index (χ0n) is 44.8. The van der Waals surface area contributed by atoms with Crippen molar-refractivity contribution in [1.82, 2.24) is 0 Å². The Labute approximate surface area is 437 Å². The normalized spacial score (nSPS) is 13.7. The predicted molar refractivity (Wildman–Crippen MR) is 311 cm³/mol. The van der Waals surface area contributed by atoms with Gasteiger partial charge < -0.3 is 19.0 Å². The summed E-state index contributed by atoms with van der Waals surface area (Å²) in [5, 5.41) is 2.15. The van der Waals surface area contributed by atoms with E-state index in [4.69, 9.17) is 9.15 Å². The van der Waals surface area contributed by atoms with Crippen molar-refractivity contribution in [3.8, 4) is 22.6 Å². The molecule has 0 N–H and O–H groups in total. The third-order valence-electron chi connectivity index (χ3n) is 15.8. The number of hydrogen-bond donors (Lipinski definition) is 0. The van der Waals surface area contributed by atoms with Gasteiger partial charge in [-0.15, -0.1) is 0 Å². The Morgan fingerprint density at radius 2 is 0.865 bits per heavy atom. The fourth-order valence-corrected chi connectivity index (χ4v) is 11.8. The zero-order chi connectivity index (χ0) is 51.5. The van der Waals surface area contributed by atoms with E-state index in [0.717, 1.165) is 95.4 Å². The molecule has 12 rings (SSSR count). The minimum Gasteiger partial charge on any atom is -0.457 e. The molecule has 0 atom stereocenters. The highest BCUT2D eigenvalue weighted by Gasteiger charge is 2.53. The molecule has 1 aliphatic carbocycles. The molecule has 4 nitrogen and oxygen atoms in total. The lowest BCUT2D eigenvalue weighted by Gasteiger charge is -2.40. The van der Waals surface area contributed by atoms with Crippen molar-refractivity contribution in [1.29, 1.82) is 0 Å². The first-order chi connectivity index (χ1) is 35.4. The second kappa shape index (κ2) is 17.1. The van der Waals surface area contributed by atoms with Gasteiger partial charge in [0.25, 0.3) is 0 Å². The molecule has 2 heterocycles. The number of nitrogens with zero attached hydrogens (tertiary/aromatic N) is 2. The van der Waals surface area contributed by atoms with Crippen LogP contribution in [0.15, 0.2) is 199 Å². The second-order valence-electron chi connectivity index (χ2n) is 24.0. The average molecular weight is 967 g/mol. The van der Waals surface area contributed by atoms with E-state index in [0.29, 0.717) is 5.92 Å². The van der Waals surface area contributed by atoms with Crippen molar-refractivity contribution < 1.29 is 9.15 Å². The summed E-state index contributed by atoms with van der Waals surface area (Å²) in [6, 6.07) is 72.2. The molecule has 10 aromatic rings. The Morgan fingerprint density at radius 3 is 1.36 bits per heavy atom. The predicted octanol–water partition coefficient (Wildman–Crippen LogP) is 20.0. The molecule has 1 spiro atoms. The lowest BCUT2D eigenvalue weighted by Crippen LogP contribution is -2.32. The first-order valence-corrected chi connectivity index (χ1v) is 26.4. The van der Waals surface area contributed by atoms with E-state index in [2.05, 4.69) is 280 Å². The van der Waals surface area contributed by atoms with Gasteiger partial charge in [0.15, 0.2) is 0 Å². The van der Waals surface area contributed by atoms with E-state index in [1.54, 1.807) is 0 Å². The topological polar surface area (TPSA) is 28.9 Å². The fourth-order valence-electron chi connectivity index (χ4n) is 11.8. The highest BCUT2D eigenvalue weighted by molar-refractivity contribution is 6.19. The van der Waals surface area contributed by atoms with Gasteiger partial charge in [0.05, 0.1) is 16.5 Å². The minimum absolute atomic E-state index is 0.00789. The van der Waals surface area contributed by atoms with Gasteiger partial charge in [-0.3, -0.25) is 0 Å². The van der Waals surface area contributed by atoms with Crippen molar-refractivity contribution in [3.05, 3.63) is 239 Å². The van der Waals surface area contributed by atoms with E-state index < -0.39 is 5.41 Å². The Morgan fingerprint density at radius 1 is 0.419 bits per heavy atom. The van der Waals surface area contributed by atoms with Crippen molar-refractivity contribution in [2.24, 2.45) is 0 Å². The summed E-state index contributed by atoms with van der Waals surface area (Å²) in [5.41, 5.74) is 19.3. The van der Waals surface area contributed by atoms with Crippen LogP contribution >= 0.6 is 0 Å². The molecule has 368 valence electrons. The molecular formula is C70H66N2O2. The average Bonchev–Trinajstić information content (AvgIpc) is 3.91. The van der Waals surface area contributed by atoms with E-state index >= 15 is 0 Å². The van der Waals surface area contributed by atoms with Gasteiger partial charge in [0.1, 0.15) is 22.7 Å². The summed E-state index contributed by atoms with van der Waals surface area (Å²) in [6.07, 6.45) is 0. The molecule has 0 amide bonds. The highest BCUT2D eigenvalue weighted by Crippen LogP contribution is 2.65. The van der Waals surface area contributed by atoms with Gasteiger partial charge in [-0.2, -0.15) is 0 Å². The number of anilines is 6. The van der Waals surface area contributed by atoms with Gasteiger partial charge >= 0.3 is 0 Å². The van der Waals surface area contributed by atoms with Crippen LogP contribution in [0.4, 0.5) is 34.1 Å². The van der Waals surface area contributed by atoms with E-state index in [-0.39, 0.29) is 16.2 Å². The zero-order valence-corrected chi connectivity index (χ0v) is 44.8. The minimum atomic E-state index is -0.824. The van der Waals surface area contributed by atoms with Gasteiger partial charge in [-0.1, -0.05) is 185 Å². The van der Waals surface area contributed by atoms with Crippen LogP contribution in [-0.2, 0) is 21.7 Å². The monoisotopic (exact) mass is 967 g/mol. The molecular weight excluding hydrogens is 901 g/mol. The maximum Gasteiger partial charge on any atom is 0.145 e. The molecule has 9 aromatic carbocycles. The number of fused-ring (bicyclic) bond motifs is 13. The van der Waals surface area contributed by atoms with E-state index in [1.165, 1.54) is 27.8 Å². The molecule has 0 fully saturated rings. The number of ether oxygens (including phenoxy) is 1. The third-order valence-corrected chi connectivity index (χ3v) is 15.8. The fraction of sp³-hybridized carbons (Fsp3) is 0.229. The molecule has 0 saturated carbocycles. The largest absolute Gasteiger partial charge is 0.457 e. The van der Waals surface area contributed by atoms with Gasteiger partial charge in [-0.25, -0.2) is 0 Å². The molecule has 0 unspecified atom stereocenters. The molecule has 0 radical (unpaired) electrons. The lowest BCUT2D eigenvalue weighted by atomic mass is 9.66. The maximum atomic E-state index is 7.36. The van der Waals surface area contributed by atoms with Crippen molar-refractivity contribution in [3.63, 3.8) is 0 Å². The summed E-state index contributed by atoms with van der Waals surface area (Å²) in [7, 11) is 0. The molecule has 2 aliphatic rings. The standard InChI is InChI=1S/C70H66N2O2/c1-44(2)45-24-32-51(33-25-45)72(52-38-30-48(31-39-52)69(9,10)11)60-43-59-64(66-65(60)55-18-12-15-21-61(55)74-66)54-41-40-53(42-58(54)70(59)56-19-13-16-22-62(56)73-63-23-17-14-20-57(63)70)71(49-34-26-46(27-35-49)67(3,4)5)50-36-28-47(29-37-50)68(6,7)8/h12-44H,1-11H3. The van der Waals surface area contributed by atoms with Crippen molar-refractivity contribution >= 4 is 56.1 Å². The SMILES string of the molecule is CC(C)c1ccc(N(c2ccc(C(C)(C)C)cc2)c2cc3c(c4oc5ccccc5c24)-c2ccc(N(c4ccc(C(C)(C)C)cc4)c4ccc(C(C)(C)C)cc4)cc2C32c3ccccc3Oc3ccccc32)cc1. The summed E-state index contributed by atoms with van der Waals surface area (Å²) < 4.78 is 14.3.